The molecular formula is C15H19NO6. The van der Waals surface area contributed by atoms with Crippen LogP contribution >= 0.6 is 0 Å². The molecule has 2 atom stereocenters. The first-order valence-corrected chi connectivity index (χ1v) is 6.66. The van der Waals surface area contributed by atoms with Gasteiger partial charge in [-0.25, -0.2) is 4.79 Å². The monoisotopic (exact) mass is 309 g/mol. The van der Waals surface area contributed by atoms with Gasteiger partial charge in [-0.1, -0.05) is 12.1 Å². The van der Waals surface area contributed by atoms with Gasteiger partial charge in [0.25, 0.3) is 5.91 Å². The van der Waals surface area contributed by atoms with Crippen LogP contribution in [0.3, 0.4) is 0 Å². The van der Waals surface area contributed by atoms with Gasteiger partial charge in [-0.3, -0.25) is 9.59 Å². The minimum absolute atomic E-state index is 0.105. The Labute approximate surface area is 128 Å². The fraction of sp³-hybridized carbons (Fsp3) is 0.400. The van der Waals surface area contributed by atoms with Crippen molar-refractivity contribution in [2.45, 2.75) is 26.1 Å². The molecule has 0 saturated heterocycles. The lowest BCUT2D eigenvalue weighted by molar-refractivity contribution is -0.148. The molecule has 0 aliphatic rings. The predicted molar refractivity (Wildman–Crippen MR) is 78.0 cm³/mol. The van der Waals surface area contributed by atoms with Gasteiger partial charge in [-0.15, -0.1) is 0 Å². The second-order valence-electron chi connectivity index (χ2n) is 4.65. The zero-order valence-electron chi connectivity index (χ0n) is 12.7. The summed E-state index contributed by atoms with van der Waals surface area (Å²) >= 11 is 0. The normalized spacial score (nSPS) is 13.0. The second-order valence-corrected chi connectivity index (χ2v) is 4.65. The minimum Gasteiger partial charge on any atom is -0.481 e. The summed E-state index contributed by atoms with van der Waals surface area (Å²) in [5.41, 5.74) is 0.482. The van der Waals surface area contributed by atoms with Crippen LogP contribution in [0.2, 0.25) is 0 Å². The van der Waals surface area contributed by atoms with Crippen molar-refractivity contribution < 1.29 is 29.0 Å². The first kappa shape index (κ1) is 17.6. The number of methoxy groups -OCH3 is 1. The third-order valence-electron chi connectivity index (χ3n) is 2.94. The first-order valence-electron chi connectivity index (χ1n) is 6.66. The number of benzene rings is 1. The number of Topliss-reactive ketones (excluding diaryl/α,β-unsaturated/α-hetero) is 1. The van der Waals surface area contributed by atoms with Crippen LogP contribution in [-0.2, 0) is 14.3 Å². The van der Waals surface area contributed by atoms with E-state index in [-0.39, 0.29) is 12.3 Å². The van der Waals surface area contributed by atoms with Crippen molar-refractivity contribution in [2.24, 2.45) is 0 Å². The minimum atomic E-state index is -1.16. The number of ether oxygens (including phenoxy) is 2. The molecular weight excluding hydrogens is 290 g/mol. The van der Waals surface area contributed by atoms with E-state index in [1.165, 1.54) is 21.0 Å². The van der Waals surface area contributed by atoms with Gasteiger partial charge in [0.2, 0.25) is 0 Å². The third kappa shape index (κ3) is 5.17. The smallest absolute Gasteiger partial charge is 0.334 e. The fourth-order valence-corrected chi connectivity index (χ4v) is 1.65. The van der Waals surface area contributed by atoms with Crippen molar-refractivity contribution in [1.29, 1.82) is 0 Å². The molecule has 1 aromatic carbocycles. The molecule has 0 saturated carbocycles. The van der Waals surface area contributed by atoms with Gasteiger partial charge in [0.15, 0.2) is 18.0 Å². The Balaban J connectivity index is 2.59. The zero-order chi connectivity index (χ0) is 16.7. The number of nitrogens with one attached hydrogen (secondary N) is 1. The number of carboxylic acid groups (broad SMARTS) is 1. The molecule has 0 aliphatic heterocycles. The van der Waals surface area contributed by atoms with Gasteiger partial charge in [0.05, 0.1) is 6.54 Å². The number of carboxylic acids is 1. The fourth-order valence-electron chi connectivity index (χ4n) is 1.65. The highest BCUT2D eigenvalue weighted by molar-refractivity contribution is 5.94. The quantitative estimate of drug-likeness (QED) is 0.691. The number of rotatable bonds is 8. The summed E-state index contributed by atoms with van der Waals surface area (Å²) in [6, 6.07) is 6.48. The molecule has 22 heavy (non-hydrogen) atoms. The molecule has 7 nitrogen and oxygen atoms in total. The summed E-state index contributed by atoms with van der Waals surface area (Å²) in [6.07, 6.45) is -1.95. The molecule has 1 rings (SSSR count). The molecule has 0 fully saturated rings. The highest BCUT2D eigenvalue weighted by Gasteiger charge is 2.20. The van der Waals surface area contributed by atoms with Crippen molar-refractivity contribution in [1.82, 2.24) is 5.32 Å². The molecule has 0 spiro atoms. The van der Waals surface area contributed by atoms with E-state index in [1.807, 2.05) is 0 Å². The largest absolute Gasteiger partial charge is 0.481 e. The van der Waals surface area contributed by atoms with Crippen molar-refractivity contribution >= 4 is 17.7 Å². The number of amides is 1. The Morgan fingerprint density at radius 1 is 1.32 bits per heavy atom. The summed E-state index contributed by atoms with van der Waals surface area (Å²) in [7, 11) is 1.25. The summed E-state index contributed by atoms with van der Waals surface area (Å²) in [5.74, 6) is -1.36. The molecule has 7 heteroatoms. The average Bonchev–Trinajstić information content (AvgIpc) is 2.47. The highest BCUT2D eigenvalue weighted by atomic mass is 16.5. The molecule has 1 aromatic rings. The van der Waals surface area contributed by atoms with Crippen molar-refractivity contribution in [3.05, 3.63) is 29.8 Å². The SMILES string of the molecule is COC(CNC(=O)C(C)Oc1cccc(C(C)=O)c1)C(=O)O. The molecule has 0 radical (unpaired) electrons. The van der Waals surface area contributed by atoms with E-state index in [2.05, 4.69) is 5.32 Å². The molecule has 0 heterocycles. The van der Waals surface area contributed by atoms with Crippen LogP contribution in [0.25, 0.3) is 0 Å². The van der Waals surface area contributed by atoms with E-state index in [4.69, 9.17) is 14.6 Å². The van der Waals surface area contributed by atoms with Gasteiger partial charge in [0, 0.05) is 12.7 Å². The number of hydrogen-bond acceptors (Lipinski definition) is 5. The summed E-state index contributed by atoms with van der Waals surface area (Å²) in [6.45, 7) is 2.80. The van der Waals surface area contributed by atoms with E-state index in [1.54, 1.807) is 24.3 Å². The van der Waals surface area contributed by atoms with Crippen LogP contribution in [-0.4, -0.2) is 48.6 Å². The topological polar surface area (TPSA) is 102 Å². The number of carbonyl (C=O) groups excluding carboxylic acids is 2. The van der Waals surface area contributed by atoms with Gasteiger partial charge in [0.1, 0.15) is 5.75 Å². The second kappa shape index (κ2) is 8.14. The van der Waals surface area contributed by atoms with Crippen molar-refractivity contribution in [2.75, 3.05) is 13.7 Å². The van der Waals surface area contributed by atoms with Crippen LogP contribution in [0, 0.1) is 0 Å². The van der Waals surface area contributed by atoms with Crippen LogP contribution in [0.4, 0.5) is 0 Å². The molecule has 2 N–H and O–H groups in total. The lowest BCUT2D eigenvalue weighted by atomic mass is 10.1. The van der Waals surface area contributed by atoms with Gasteiger partial charge in [-0.2, -0.15) is 0 Å². The summed E-state index contributed by atoms with van der Waals surface area (Å²) in [4.78, 5) is 33.9. The van der Waals surface area contributed by atoms with E-state index < -0.39 is 24.1 Å². The highest BCUT2D eigenvalue weighted by Crippen LogP contribution is 2.15. The average molecular weight is 309 g/mol. The Bertz CT molecular complexity index is 557. The zero-order valence-corrected chi connectivity index (χ0v) is 12.7. The molecule has 0 bridgehead atoms. The number of carbonyl (C=O) groups is 3. The molecule has 0 aliphatic carbocycles. The van der Waals surface area contributed by atoms with Crippen LogP contribution in [0.15, 0.2) is 24.3 Å². The molecule has 120 valence electrons. The van der Waals surface area contributed by atoms with E-state index in [0.717, 1.165) is 0 Å². The van der Waals surface area contributed by atoms with Gasteiger partial charge < -0.3 is 19.9 Å². The van der Waals surface area contributed by atoms with Crippen molar-refractivity contribution in [3.63, 3.8) is 0 Å². The summed E-state index contributed by atoms with van der Waals surface area (Å²) in [5, 5.41) is 11.2. The first-order chi connectivity index (χ1) is 10.3. The molecule has 2 unspecified atom stereocenters. The summed E-state index contributed by atoms with van der Waals surface area (Å²) < 4.78 is 10.2. The van der Waals surface area contributed by atoms with Crippen LogP contribution in [0.1, 0.15) is 24.2 Å². The van der Waals surface area contributed by atoms with E-state index in [0.29, 0.717) is 11.3 Å². The lowest BCUT2D eigenvalue weighted by Crippen LogP contribution is -2.43. The number of aliphatic carboxylic acids is 1. The van der Waals surface area contributed by atoms with Crippen molar-refractivity contribution in [3.8, 4) is 5.75 Å². The van der Waals surface area contributed by atoms with Crippen LogP contribution in [0.5, 0.6) is 5.75 Å². The standard InChI is InChI=1S/C15H19NO6/c1-9(17)11-5-4-6-12(7-11)22-10(2)14(18)16-8-13(21-3)15(19)20/h4-7,10,13H,8H2,1-3H3,(H,16,18)(H,19,20). The molecule has 1 amide bonds. The lowest BCUT2D eigenvalue weighted by Gasteiger charge is -2.17. The maximum absolute atomic E-state index is 11.9. The Kier molecular flexibility index (Phi) is 6.52. The number of ketones is 1. The van der Waals surface area contributed by atoms with Crippen LogP contribution < -0.4 is 10.1 Å². The molecule has 0 aromatic heterocycles. The van der Waals surface area contributed by atoms with Gasteiger partial charge in [-0.05, 0) is 26.0 Å². The Morgan fingerprint density at radius 3 is 2.55 bits per heavy atom. The maximum Gasteiger partial charge on any atom is 0.334 e. The Morgan fingerprint density at radius 2 is 2.00 bits per heavy atom. The Hall–Kier alpha value is -2.41. The van der Waals surface area contributed by atoms with E-state index >= 15 is 0 Å². The maximum atomic E-state index is 11.9. The predicted octanol–water partition coefficient (Wildman–Crippen LogP) is 0.872. The third-order valence-corrected chi connectivity index (χ3v) is 2.94. The number of hydrogen-bond donors (Lipinski definition) is 2. The van der Waals surface area contributed by atoms with E-state index in [9.17, 15) is 14.4 Å². The van der Waals surface area contributed by atoms with Gasteiger partial charge >= 0.3 is 5.97 Å².